The largest absolute Gasteiger partial charge is 0.374 e. The number of fused-ring (bicyclic) bond motifs is 1. The van der Waals surface area contributed by atoms with Gasteiger partial charge in [-0.2, -0.15) is 0 Å². The minimum atomic E-state index is 0.431. The molecule has 14 heavy (non-hydrogen) atoms. The van der Waals surface area contributed by atoms with E-state index >= 15 is 0 Å². The van der Waals surface area contributed by atoms with E-state index in [0.717, 1.165) is 11.4 Å². The summed E-state index contributed by atoms with van der Waals surface area (Å²) in [4.78, 5) is 0. The summed E-state index contributed by atoms with van der Waals surface area (Å²) in [7, 11) is 0. The lowest BCUT2D eigenvalue weighted by Gasteiger charge is -2.27. The number of rotatable bonds is 1. The normalized spacial score (nSPS) is 18.7. The molecule has 1 atom stereocenters. The fourth-order valence-electron chi connectivity index (χ4n) is 1.87. The van der Waals surface area contributed by atoms with Crippen LogP contribution in [-0.2, 0) is 6.42 Å². The Morgan fingerprint density at radius 2 is 2.14 bits per heavy atom. The maximum absolute atomic E-state index is 5.56. The fraction of sp³-hybridized carbons (Fsp3) is 0.200. The molecule has 1 aromatic carbocycles. The van der Waals surface area contributed by atoms with Crippen LogP contribution in [0.25, 0.3) is 0 Å². The molecule has 2 aromatic rings. The zero-order valence-electron chi connectivity index (χ0n) is 7.47. The van der Waals surface area contributed by atoms with Crippen LogP contribution >= 0.6 is 11.3 Å². The Morgan fingerprint density at radius 1 is 1.29 bits per heavy atom. The first-order valence-electron chi connectivity index (χ1n) is 4.51. The van der Waals surface area contributed by atoms with Crippen molar-refractivity contribution >= 4 is 16.5 Å². The Kier molecular flexibility index (Phi) is 1.58. The highest BCUT2D eigenvalue weighted by Crippen LogP contribution is 2.40. The molecule has 70 valence electrons. The topological polar surface area (TPSA) is 51.8 Å². The number of nitrogens with two attached hydrogens (primary N) is 1. The van der Waals surface area contributed by atoms with E-state index in [2.05, 4.69) is 34.5 Å². The van der Waals surface area contributed by atoms with E-state index in [1.54, 1.807) is 0 Å². The van der Waals surface area contributed by atoms with Crippen LogP contribution < -0.4 is 5.73 Å². The molecule has 0 saturated carbocycles. The highest BCUT2D eigenvalue weighted by atomic mass is 32.1. The van der Waals surface area contributed by atoms with Gasteiger partial charge in [0.1, 0.15) is 5.01 Å². The van der Waals surface area contributed by atoms with E-state index < -0.39 is 0 Å². The molecule has 0 amide bonds. The maximum atomic E-state index is 5.56. The molecule has 1 aliphatic carbocycles. The number of anilines is 1. The molecule has 1 aliphatic rings. The summed E-state index contributed by atoms with van der Waals surface area (Å²) >= 11 is 1.49. The molecule has 0 aliphatic heterocycles. The van der Waals surface area contributed by atoms with Crippen LogP contribution in [0.5, 0.6) is 0 Å². The van der Waals surface area contributed by atoms with Gasteiger partial charge in [0, 0.05) is 5.92 Å². The fourth-order valence-corrected chi connectivity index (χ4v) is 2.60. The summed E-state index contributed by atoms with van der Waals surface area (Å²) in [5.74, 6) is 0.431. The molecule has 0 fully saturated rings. The highest BCUT2D eigenvalue weighted by Gasteiger charge is 2.29. The molecule has 0 bridgehead atoms. The van der Waals surface area contributed by atoms with Gasteiger partial charge >= 0.3 is 0 Å². The molecule has 1 unspecified atom stereocenters. The first-order chi connectivity index (χ1) is 6.84. The predicted octanol–water partition coefficient (Wildman–Crippen LogP) is 1.81. The van der Waals surface area contributed by atoms with Gasteiger partial charge in [-0.3, -0.25) is 0 Å². The second kappa shape index (κ2) is 2.78. The number of hydrogen-bond acceptors (Lipinski definition) is 4. The zero-order chi connectivity index (χ0) is 9.54. The quantitative estimate of drug-likeness (QED) is 0.769. The lowest BCUT2D eigenvalue weighted by Crippen LogP contribution is -2.17. The van der Waals surface area contributed by atoms with Crippen molar-refractivity contribution in [3.63, 3.8) is 0 Å². The number of aromatic nitrogens is 2. The summed E-state index contributed by atoms with van der Waals surface area (Å²) < 4.78 is 0. The van der Waals surface area contributed by atoms with Gasteiger partial charge < -0.3 is 5.73 Å². The lowest BCUT2D eigenvalue weighted by molar-refractivity contribution is 0.692. The summed E-state index contributed by atoms with van der Waals surface area (Å²) in [5.41, 5.74) is 8.36. The third-order valence-corrected chi connectivity index (χ3v) is 3.47. The van der Waals surface area contributed by atoms with Crippen LogP contribution in [0.4, 0.5) is 5.13 Å². The smallest absolute Gasteiger partial charge is 0.203 e. The van der Waals surface area contributed by atoms with Gasteiger partial charge in [-0.1, -0.05) is 35.6 Å². The number of nitrogen functional groups attached to an aromatic ring is 1. The van der Waals surface area contributed by atoms with E-state index in [1.807, 2.05) is 0 Å². The molecular weight excluding hydrogens is 194 g/mol. The van der Waals surface area contributed by atoms with Crippen LogP contribution in [0, 0.1) is 0 Å². The molecule has 2 N–H and O–H groups in total. The van der Waals surface area contributed by atoms with Crippen LogP contribution in [0.15, 0.2) is 24.3 Å². The molecular formula is C10H9N3S. The molecule has 0 saturated heterocycles. The van der Waals surface area contributed by atoms with Gasteiger partial charge in [0.2, 0.25) is 5.13 Å². The lowest BCUT2D eigenvalue weighted by atomic mass is 9.78. The second-order valence-electron chi connectivity index (χ2n) is 3.43. The molecule has 4 heteroatoms. The minimum Gasteiger partial charge on any atom is -0.374 e. The van der Waals surface area contributed by atoms with Gasteiger partial charge in [-0.05, 0) is 17.5 Å². The zero-order valence-corrected chi connectivity index (χ0v) is 8.29. The molecule has 0 spiro atoms. The molecule has 0 radical (unpaired) electrons. The van der Waals surface area contributed by atoms with E-state index in [4.69, 9.17) is 5.73 Å². The van der Waals surface area contributed by atoms with Crippen LogP contribution in [0.3, 0.4) is 0 Å². The first-order valence-corrected chi connectivity index (χ1v) is 5.33. The van der Waals surface area contributed by atoms with Gasteiger partial charge in [0.25, 0.3) is 0 Å². The highest BCUT2D eigenvalue weighted by molar-refractivity contribution is 7.15. The van der Waals surface area contributed by atoms with Gasteiger partial charge in [-0.15, -0.1) is 10.2 Å². The average molecular weight is 203 g/mol. The monoisotopic (exact) mass is 203 g/mol. The third-order valence-electron chi connectivity index (χ3n) is 2.61. The third kappa shape index (κ3) is 1.04. The van der Waals surface area contributed by atoms with Crippen molar-refractivity contribution in [3.8, 4) is 0 Å². The predicted molar refractivity (Wildman–Crippen MR) is 56.3 cm³/mol. The Balaban J connectivity index is 1.99. The Morgan fingerprint density at radius 3 is 2.86 bits per heavy atom. The van der Waals surface area contributed by atoms with Crippen LogP contribution in [0.2, 0.25) is 0 Å². The van der Waals surface area contributed by atoms with Gasteiger partial charge in [0.15, 0.2) is 0 Å². The van der Waals surface area contributed by atoms with Crippen molar-refractivity contribution in [2.24, 2.45) is 0 Å². The SMILES string of the molecule is Nc1nnc(C2Cc3ccccc32)s1. The van der Waals surface area contributed by atoms with Crippen molar-refractivity contribution < 1.29 is 0 Å². The van der Waals surface area contributed by atoms with Crippen molar-refractivity contribution in [3.05, 3.63) is 40.4 Å². The molecule has 1 aromatic heterocycles. The Labute approximate surface area is 85.6 Å². The van der Waals surface area contributed by atoms with Crippen molar-refractivity contribution in [2.45, 2.75) is 12.3 Å². The van der Waals surface area contributed by atoms with Crippen LogP contribution in [0.1, 0.15) is 22.1 Å². The summed E-state index contributed by atoms with van der Waals surface area (Å²) in [6.07, 6.45) is 1.07. The second-order valence-corrected chi connectivity index (χ2v) is 4.47. The number of hydrogen-bond donors (Lipinski definition) is 1. The number of nitrogens with zero attached hydrogens (tertiary/aromatic N) is 2. The van der Waals surface area contributed by atoms with Gasteiger partial charge in [-0.25, -0.2) is 0 Å². The number of benzene rings is 1. The van der Waals surface area contributed by atoms with Gasteiger partial charge in [0.05, 0.1) is 0 Å². The standard InChI is InChI=1S/C10H9N3S/c11-10-13-12-9(14-10)8-5-6-3-1-2-4-7(6)8/h1-4,8H,5H2,(H2,11,13). The van der Waals surface area contributed by atoms with E-state index in [0.29, 0.717) is 11.0 Å². The minimum absolute atomic E-state index is 0.431. The molecule has 3 rings (SSSR count). The molecule has 1 heterocycles. The van der Waals surface area contributed by atoms with Crippen molar-refractivity contribution in [1.82, 2.24) is 10.2 Å². The average Bonchev–Trinajstić information content (AvgIpc) is 2.54. The summed E-state index contributed by atoms with van der Waals surface area (Å²) in [6, 6.07) is 8.45. The van der Waals surface area contributed by atoms with Crippen LogP contribution in [-0.4, -0.2) is 10.2 Å². The van der Waals surface area contributed by atoms with Crippen molar-refractivity contribution in [2.75, 3.05) is 5.73 Å². The van der Waals surface area contributed by atoms with E-state index in [9.17, 15) is 0 Å². The van der Waals surface area contributed by atoms with Crippen molar-refractivity contribution in [1.29, 1.82) is 0 Å². The van der Waals surface area contributed by atoms with E-state index in [-0.39, 0.29) is 0 Å². The summed E-state index contributed by atoms with van der Waals surface area (Å²) in [6.45, 7) is 0. The summed E-state index contributed by atoms with van der Waals surface area (Å²) in [5, 5.41) is 9.52. The first kappa shape index (κ1) is 7.94. The Hall–Kier alpha value is -1.42. The maximum Gasteiger partial charge on any atom is 0.203 e. The van der Waals surface area contributed by atoms with E-state index in [1.165, 1.54) is 22.5 Å². The molecule has 3 nitrogen and oxygen atoms in total. The Bertz CT molecular complexity index is 478.